The van der Waals surface area contributed by atoms with Crippen molar-refractivity contribution in [3.8, 4) is 11.8 Å². The molecular formula is C16H12FNO2. The smallest absolute Gasteiger partial charge is 0.163 e. The lowest BCUT2D eigenvalue weighted by molar-refractivity contribution is 0.101. The molecule has 0 aromatic heterocycles. The molecule has 20 heavy (non-hydrogen) atoms. The third-order valence-corrected chi connectivity index (χ3v) is 2.84. The first-order chi connectivity index (χ1) is 9.61. The van der Waals surface area contributed by atoms with Crippen LogP contribution in [0.5, 0.6) is 5.75 Å². The first-order valence-corrected chi connectivity index (χ1v) is 6.03. The molecule has 4 heteroatoms. The van der Waals surface area contributed by atoms with E-state index in [1.807, 2.05) is 0 Å². The van der Waals surface area contributed by atoms with Gasteiger partial charge in [-0.3, -0.25) is 4.79 Å². The molecule has 0 bridgehead atoms. The van der Waals surface area contributed by atoms with Crippen molar-refractivity contribution in [2.45, 2.75) is 13.5 Å². The van der Waals surface area contributed by atoms with Gasteiger partial charge in [0.25, 0.3) is 0 Å². The summed E-state index contributed by atoms with van der Waals surface area (Å²) in [5.41, 5.74) is 1.50. The minimum atomic E-state index is -0.474. The van der Waals surface area contributed by atoms with Crippen LogP contribution in [0.25, 0.3) is 0 Å². The molecule has 2 rings (SSSR count). The number of hydrogen-bond donors (Lipinski definition) is 0. The number of ketones is 1. The Morgan fingerprint density at radius 1 is 1.30 bits per heavy atom. The van der Waals surface area contributed by atoms with E-state index in [9.17, 15) is 9.18 Å². The van der Waals surface area contributed by atoms with Crippen LogP contribution in [-0.2, 0) is 6.61 Å². The Bertz CT molecular complexity index is 689. The van der Waals surface area contributed by atoms with Crippen LogP contribution in [-0.4, -0.2) is 5.78 Å². The van der Waals surface area contributed by atoms with E-state index in [-0.39, 0.29) is 18.1 Å². The Hall–Kier alpha value is -2.67. The Morgan fingerprint density at radius 2 is 2.05 bits per heavy atom. The average Bonchev–Trinajstić information content (AvgIpc) is 2.45. The van der Waals surface area contributed by atoms with Crippen molar-refractivity contribution >= 4 is 5.78 Å². The molecule has 0 saturated carbocycles. The molecule has 0 atom stereocenters. The van der Waals surface area contributed by atoms with E-state index in [1.54, 1.807) is 24.3 Å². The highest BCUT2D eigenvalue weighted by atomic mass is 19.1. The number of ether oxygens (including phenoxy) is 1. The van der Waals surface area contributed by atoms with Crippen molar-refractivity contribution in [2.24, 2.45) is 0 Å². The highest BCUT2D eigenvalue weighted by Crippen LogP contribution is 2.22. The monoisotopic (exact) mass is 269 g/mol. The highest BCUT2D eigenvalue weighted by Gasteiger charge is 2.10. The van der Waals surface area contributed by atoms with E-state index >= 15 is 0 Å². The maximum Gasteiger partial charge on any atom is 0.163 e. The Balaban J connectivity index is 2.25. The second-order valence-corrected chi connectivity index (χ2v) is 4.25. The predicted octanol–water partition coefficient (Wildman–Crippen LogP) is 3.48. The van der Waals surface area contributed by atoms with E-state index in [1.165, 1.54) is 25.1 Å². The van der Waals surface area contributed by atoms with Gasteiger partial charge >= 0.3 is 0 Å². The molecule has 0 unspecified atom stereocenters. The van der Waals surface area contributed by atoms with Gasteiger partial charge in [0.1, 0.15) is 18.2 Å². The molecule has 100 valence electrons. The molecule has 0 spiro atoms. The van der Waals surface area contributed by atoms with Crippen LogP contribution < -0.4 is 4.74 Å². The molecule has 0 radical (unpaired) electrons. The standard InChI is InChI=1S/C16H12FNO2/c1-11(19)15-7-6-14(17)8-16(15)20-10-13-5-3-2-4-12(13)9-18/h2-8H,10H2,1H3. The first kappa shape index (κ1) is 13.8. The number of carbonyl (C=O) groups is 1. The maximum absolute atomic E-state index is 13.2. The molecule has 0 aliphatic rings. The van der Waals surface area contributed by atoms with Crippen molar-refractivity contribution < 1.29 is 13.9 Å². The minimum absolute atomic E-state index is 0.105. The summed E-state index contributed by atoms with van der Waals surface area (Å²) in [7, 11) is 0. The molecule has 0 fully saturated rings. The van der Waals surface area contributed by atoms with Gasteiger partial charge in [-0.15, -0.1) is 0 Å². The number of benzene rings is 2. The number of nitrogens with zero attached hydrogens (tertiary/aromatic N) is 1. The third kappa shape index (κ3) is 3.01. The van der Waals surface area contributed by atoms with E-state index in [0.29, 0.717) is 16.7 Å². The Morgan fingerprint density at radius 3 is 2.75 bits per heavy atom. The summed E-state index contributed by atoms with van der Waals surface area (Å²) < 4.78 is 18.7. The Labute approximate surface area is 116 Å². The molecule has 2 aromatic rings. The third-order valence-electron chi connectivity index (χ3n) is 2.84. The van der Waals surface area contributed by atoms with Crippen molar-refractivity contribution in [1.82, 2.24) is 0 Å². The fourth-order valence-corrected chi connectivity index (χ4v) is 1.82. The van der Waals surface area contributed by atoms with Gasteiger partial charge in [0.05, 0.1) is 17.2 Å². The predicted molar refractivity (Wildman–Crippen MR) is 71.9 cm³/mol. The molecule has 0 N–H and O–H groups in total. The van der Waals surface area contributed by atoms with Crippen molar-refractivity contribution in [3.05, 3.63) is 65.0 Å². The second-order valence-electron chi connectivity index (χ2n) is 4.25. The molecule has 0 amide bonds. The summed E-state index contributed by atoms with van der Waals surface area (Å²) in [6.45, 7) is 1.50. The van der Waals surface area contributed by atoms with Gasteiger partial charge < -0.3 is 4.74 Å². The van der Waals surface area contributed by atoms with Crippen LogP contribution in [0, 0.1) is 17.1 Å². The van der Waals surface area contributed by atoms with Crippen molar-refractivity contribution in [3.63, 3.8) is 0 Å². The molecule has 3 nitrogen and oxygen atoms in total. The zero-order chi connectivity index (χ0) is 14.5. The second kappa shape index (κ2) is 5.98. The molecule has 2 aromatic carbocycles. The van der Waals surface area contributed by atoms with Gasteiger partial charge in [-0.2, -0.15) is 5.26 Å². The summed E-state index contributed by atoms with van der Waals surface area (Å²) in [6.07, 6.45) is 0. The van der Waals surface area contributed by atoms with Gasteiger partial charge in [0.15, 0.2) is 5.78 Å². The fraction of sp³-hybridized carbons (Fsp3) is 0.125. The van der Waals surface area contributed by atoms with E-state index in [2.05, 4.69) is 6.07 Å². The fourth-order valence-electron chi connectivity index (χ4n) is 1.82. The van der Waals surface area contributed by atoms with E-state index < -0.39 is 5.82 Å². The lowest BCUT2D eigenvalue weighted by Gasteiger charge is -2.10. The zero-order valence-electron chi connectivity index (χ0n) is 10.9. The van der Waals surface area contributed by atoms with Crippen LogP contribution in [0.15, 0.2) is 42.5 Å². The van der Waals surface area contributed by atoms with E-state index in [4.69, 9.17) is 10.00 Å². The quantitative estimate of drug-likeness (QED) is 0.798. The summed E-state index contributed by atoms with van der Waals surface area (Å²) in [5.74, 6) is -0.489. The highest BCUT2D eigenvalue weighted by molar-refractivity contribution is 5.96. The normalized spacial score (nSPS) is 9.85. The van der Waals surface area contributed by atoms with Gasteiger partial charge in [-0.1, -0.05) is 18.2 Å². The summed E-state index contributed by atoms with van der Waals surface area (Å²) in [6, 6.07) is 12.8. The molecule has 0 aliphatic heterocycles. The lowest BCUT2D eigenvalue weighted by Crippen LogP contribution is -2.03. The Kier molecular flexibility index (Phi) is 4.11. The summed E-state index contributed by atoms with van der Waals surface area (Å²) in [5, 5.41) is 8.98. The molecular weight excluding hydrogens is 257 g/mol. The number of Topliss-reactive ketones (excluding diaryl/α,β-unsaturated/α-hetero) is 1. The summed E-state index contributed by atoms with van der Waals surface area (Å²) in [4.78, 5) is 11.5. The topological polar surface area (TPSA) is 50.1 Å². The van der Waals surface area contributed by atoms with Gasteiger partial charge in [-0.25, -0.2) is 4.39 Å². The van der Waals surface area contributed by atoms with E-state index in [0.717, 1.165) is 0 Å². The van der Waals surface area contributed by atoms with Crippen LogP contribution in [0.4, 0.5) is 4.39 Å². The SMILES string of the molecule is CC(=O)c1ccc(F)cc1OCc1ccccc1C#N. The number of hydrogen-bond acceptors (Lipinski definition) is 3. The lowest BCUT2D eigenvalue weighted by atomic mass is 10.1. The maximum atomic E-state index is 13.2. The summed E-state index contributed by atoms with van der Waals surface area (Å²) >= 11 is 0. The van der Waals surface area contributed by atoms with Crippen molar-refractivity contribution in [1.29, 1.82) is 5.26 Å². The first-order valence-electron chi connectivity index (χ1n) is 6.03. The average molecular weight is 269 g/mol. The van der Waals surface area contributed by atoms with Crippen LogP contribution in [0.3, 0.4) is 0 Å². The number of rotatable bonds is 4. The largest absolute Gasteiger partial charge is 0.488 e. The van der Waals surface area contributed by atoms with Crippen LogP contribution in [0.2, 0.25) is 0 Å². The van der Waals surface area contributed by atoms with Crippen LogP contribution in [0.1, 0.15) is 28.4 Å². The minimum Gasteiger partial charge on any atom is -0.488 e. The zero-order valence-corrected chi connectivity index (χ0v) is 10.9. The molecule has 0 aliphatic carbocycles. The van der Waals surface area contributed by atoms with Gasteiger partial charge in [-0.05, 0) is 25.1 Å². The van der Waals surface area contributed by atoms with Crippen LogP contribution >= 0.6 is 0 Å². The van der Waals surface area contributed by atoms with Gasteiger partial charge in [0, 0.05) is 11.6 Å². The number of nitriles is 1. The molecule has 0 heterocycles. The number of halogens is 1. The van der Waals surface area contributed by atoms with Crippen molar-refractivity contribution in [2.75, 3.05) is 0 Å². The molecule has 0 saturated heterocycles. The number of carbonyl (C=O) groups excluding carboxylic acids is 1. The van der Waals surface area contributed by atoms with Gasteiger partial charge in [0.2, 0.25) is 0 Å².